The van der Waals surface area contributed by atoms with Gasteiger partial charge in [0, 0.05) is 49.2 Å². The van der Waals surface area contributed by atoms with Crippen molar-refractivity contribution < 1.29 is 14.0 Å². The molecule has 2 N–H and O–H groups in total. The number of aromatic amines is 1. The first-order valence-electron chi connectivity index (χ1n) is 8.16. The highest BCUT2D eigenvalue weighted by Crippen LogP contribution is 2.28. The van der Waals surface area contributed by atoms with Gasteiger partial charge in [0.15, 0.2) is 0 Å². The van der Waals surface area contributed by atoms with Crippen molar-refractivity contribution in [3.8, 4) is 0 Å². The fourth-order valence-corrected chi connectivity index (χ4v) is 3.55. The summed E-state index contributed by atoms with van der Waals surface area (Å²) in [7, 11) is 0. The molecule has 1 aromatic carbocycles. The number of fused-ring (bicyclic) bond motifs is 3. The Morgan fingerprint density at radius 1 is 1.29 bits per heavy atom. The molecule has 3 amide bonds. The number of carbonyl (C=O) groups excluding carboxylic acids is 2. The average molecular weight is 330 g/mol. The minimum atomic E-state index is -0.443. The number of H-pyrrole nitrogens is 1. The predicted molar refractivity (Wildman–Crippen MR) is 86.9 cm³/mol. The van der Waals surface area contributed by atoms with Crippen molar-refractivity contribution in [2.24, 2.45) is 0 Å². The molecule has 1 atom stereocenters. The monoisotopic (exact) mass is 330 g/mol. The van der Waals surface area contributed by atoms with E-state index in [9.17, 15) is 14.0 Å². The van der Waals surface area contributed by atoms with Crippen LogP contribution in [0, 0.1) is 5.82 Å². The average Bonchev–Trinajstić information content (AvgIpc) is 3.03. The maximum absolute atomic E-state index is 13.5. The van der Waals surface area contributed by atoms with Crippen molar-refractivity contribution in [1.29, 1.82) is 0 Å². The Balaban J connectivity index is 1.48. The Kier molecular flexibility index (Phi) is 3.53. The van der Waals surface area contributed by atoms with E-state index in [1.165, 1.54) is 11.0 Å². The zero-order chi connectivity index (χ0) is 16.8. The topological polar surface area (TPSA) is 68.4 Å². The van der Waals surface area contributed by atoms with E-state index in [1.807, 2.05) is 0 Å². The molecule has 126 valence electrons. The number of benzene rings is 1. The van der Waals surface area contributed by atoms with Gasteiger partial charge in [-0.1, -0.05) is 0 Å². The number of nitrogens with one attached hydrogen (secondary N) is 2. The standard InChI is InChI=1S/C17H19FN4O2/c1-10-16(23)22(17(24)19-10)7-6-21-5-4-15-13(9-21)12-8-11(18)2-3-14(12)20-15/h2-3,8,10,20H,4-7,9H2,1H3,(H,19,24)/t10-/m0/s1. The van der Waals surface area contributed by atoms with Gasteiger partial charge in [-0.2, -0.15) is 0 Å². The Morgan fingerprint density at radius 2 is 2.12 bits per heavy atom. The number of hydrogen-bond acceptors (Lipinski definition) is 3. The summed E-state index contributed by atoms with van der Waals surface area (Å²) in [5.74, 6) is -0.415. The normalized spacial score (nSPS) is 21.4. The molecule has 2 aromatic rings. The molecule has 2 aliphatic heterocycles. The summed E-state index contributed by atoms with van der Waals surface area (Å²) in [6, 6.07) is 4.03. The number of halogens is 1. The fourth-order valence-electron chi connectivity index (χ4n) is 3.55. The molecule has 0 unspecified atom stereocenters. The van der Waals surface area contributed by atoms with Crippen LogP contribution < -0.4 is 5.32 Å². The van der Waals surface area contributed by atoms with E-state index in [0.29, 0.717) is 19.6 Å². The van der Waals surface area contributed by atoms with E-state index in [4.69, 9.17) is 0 Å². The number of urea groups is 1. The minimum Gasteiger partial charge on any atom is -0.358 e. The molecule has 0 spiro atoms. The van der Waals surface area contributed by atoms with Gasteiger partial charge < -0.3 is 10.3 Å². The third-order valence-corrected chi connectivity index (χ3v) is 4.88. The zero-order valence-electron chi connectivity index (χ0n) is 13.4. The molecule has 24 heavy (non-hydrogen) atoms. The Labute approximate surface area is 138 Å². The van der Waals surface area contributed by atoms with E-state index in [1.54, 1.807) is 19.1 Å². The molecule has 0 radical (unpaired) electrons. The molecule has 0 aliphatic carbocycles. The lowest BCUT2D eigenvalue weighted by atomic mass is 10.0. The van der Waals surface area contributed by atoms with Crippen molar-refractivity contribution in [3.05, 3.63) is 35.3 Å². The maximum atomic E-state index is 13.5. The van der Waals surface area contributed by atoms with Gasteiger partial charge in [0.2, 0.25) is 0 Å². The number of amides is 3. The van der Waals surface area contributed by atoms with Gasteiger partial charge in [-0.15, -0.1) is 0 Å². The van der Waals surface area contributed by atoms with Crippen molar-refractivity contribution in [2.75, 3.05) is 19.6 Å². The molecule has 0 bridgehead atoms. The molecule has 3 heterocycles. The molecule has 0 saturated carbocycles. The largest absolute Gasteiger partial charge is 0.358 e. The van der Waals surface area contributed by atoms with E-state index >= 15 is 0 Å². The highest BCUT2D eigenvalue weighted by molar-refractivity contribution is 6.03. The quantitative estimate of drug-likeness (QED) is 0.840. The van der Waals surface area contributed by atoms with Crippen LogP contribution in [0.2, 0.25) is 0 Å². The van der Waals surface area contributed by atoms with Crippen molar-refractivity contribution >= 4 is 22.8 Å². The molecule has 7 heteroatoms. The van der Waals surface area contributed by atoms with Gasteiger partial charge >= 0.3 is 6.03 Å². The predicted octanol–water partition coefficient (Wildman–Crippen LogP) is 1.61. The summed E-state index contributed by atoms with van der Waals surface area (Å²) in [5.41, 5.74) is 3.21. The van der Waals surface area contributed by atoms with Crippen LogP contribution in [0.4, 0.5) is 9.18 Å². The zero-order valence-corrected chi connectivity index (χ0v) is 13.4. The number of hydrogen-bond donors (Lipinski definition) is 2. The van der Waals surface area contributed by atoms with E-state index in [-0.39, 0.29) is 17.8 Å². The van der Waals surface area contributed by atoms with Gasteiger partial charge in [0.25, 0.3) is 5.91 Å². The summed E-state index contributed by atoms with van der Waals surface area (Å²) in [6.07, 6.45) is 0.849. The van der Waals surface area contributed by atoms with E-state index < -0.39 is 6.04 Å². The van der Waals surface area contributed by atoms with E-state index in [2.05, 4.69) is 15.2 Å². The van der Waals surface area contributed by atoms with Crippen LogP contribution in [0.5, 0.6) is 0 Å². The second kappa shape index (κ2) is 5.59. The first kappa shape index (κ1) is 15.1. The summed E-state index contributed by atoms with van der Waals surface area (Å²) >= 11 is 0. The molecule has 1 saturated heterocycles. The number of nitrogens with zero attached hydrogens (tertiary/aromatic N) is 2. The second-order valence-corrected chi connectivity index (χ2v) is 6.46. The van der Waals surface area contributed by atoms with Crippen molar-refractivity contribution in [3.63, 3.8) is 0 Å². The van der Waals surface area contributed by atoms with Crippen molar-refractivity contribution in [1.82, 2.24) is 20.1 Å². The third-order valence-electron chi connectivity index (χ3n) is 4.88. The lowest BCUT2D eigenvalue weighted by Gasteiger charge is -2.28. The number of rotatable bonds is 3. The molecule has 4 rings (SSSR count). The summed E-state index contributed by atoms with van der Waals surface area (Å²) < 4.78 is 13.5. The maximum Gasteiger partial charge on any atom is 0.324 e. The molecule has 6 nitrogen and oxygen atoms in total. The third kappa shape index (κ3) is 2.45. The fraction of sp³-hybridized carbons (Fsp3) is 0.412. The lowest BCUT2D eigenvalue weighted by Crippen LogP contribution is -2.40. The number of carbonyl (C=O) groups is 2. The van der Waals surface area contributed by atoms with Crippen LogP contribution in [0.1, 0.15) is 18.2 Å². The number of aromatic nitrogens is 1. The highest BCUT2D eigenvalue weighted by atomic mass is 19.1. The van der Waals surface area contributed by atoms with Crippen molar-refractivity contribution in [2.45, 2.75) is 25.9 Å². The van der Waals surface area contributed by atoms with Crippen LogP contribution in [0.3, 0.4) is 0 Å². The minimum absolute atomic E-state index is 0.174. The van der Waals surface area contributed by atoms with Crippen LogP contribution in [-0.4, -0.2) is 52.4 Å². The SMILES string of the molecule is C[C@@H]1NC(=O)N(CCN2CCc3[nH]c4ccc(F)cc4c3C2)C1=O. The molecule has 1 fully saturated rings. The summed E-state index contributed by atoms with van der Waals surface area (Å²) in [6.45, 7) is 4.22. The molecular formula is C17H19FN4O2. The second-order valence-electron chi connectivity index (χ2n) is 6.46. The Hall–Kier alpha value is -2.41. The van der Waals surface area contributed by atoms with Gasteiger partial charge in [0.1, 0.15) is 11.9 Å². The Bertz CT molecular complexity index is 831. The van der Waals surface area contributed by atoms with Crippen LogP contribution in [-0.2, 0) is 17.8 Å². The number of imide groups is 1. The summed E-state index contributed by atoms with van der Waals surface area (Å²) in [5, 5.41) is 3.53. The summed E-state index contributed by atoms with van der Waals surface area (Å²) in [4.78, 5) is 30.5. The lowest BCUT2D eigenvalue weighted by molar-refractivity contribution is -0.127. The first-order valence-corrected chi connectivity index (χ1v) is 8.16. The van der Waals surface area contributed by atoms with Crippen LogP contribution in [0.15, 0.2) is 18.2 Å². The highest BCUT2D eigenvalue weighted by Gasteiger charge is 2.35. The molecule has 1 aromatic heterocycles. The van der Waals surface area contributed by atoms with E-state index in [0.717, 1.165) is 35.1 Å². The molecular weight excluding hydrogens is 311 g/mol. The smallest absolute Gasteiger partial charge is 0.324 e. The van der Waals surface area contributed by atoms with Gasteiger partial charge in [-0.25, -0.2) is 9.18 Å². The first-order chi connectivity index (χ1) is 11.5. The van der Waals surface area contributed by atoms with Crippen LogP contribution in [0.25, 0.3) is 10.9 Å². The van der Waals surface area contributed by atoms with Crippen LogP contribution >= 0.6 is 0 Å². The van der Waals surface area contributed by atoms with Gasteiger partial charge in [-0.05, 0) is 30.7 Å². The molecule has 2 aliphatic rings. The van der Waals surface area contributed by atoms with Gasteiger partial charge in [-0.3, -0.25) is 14.6 Å². The van der Waals surface area contributed by atoms with Gasteiger partial charge in [0.05, 0.1) is 0 Å². The Morgan fingerprint density at radius 3 is 2.88 bits per heavy atom.